The molecule has 2 fully saturated rings. The molecular formula is C51H69N9O5S. The van der Waals surface area contributed by atoms with Crippen LogP contribution in [0.2, 0.25) is 0 Å². The van der Waals surface area contributed by atoms with Crippen molar-refractivity contribution in [3.05, 3.63) is 71.4 Å². The van der Waals surface area contributed by atoms with Gasteiger partial charge in [-0.2, -0.15) is 5.10 Å². The van der Waals surface area contributed by atoms with Crippen molar-refractivity contribution >= 4 is 45.8 Å². The Labute approximate surface area is 393 Å². The lowest BCUT2D eigenvalue weighted by atomic mass is 9.76. The second kappa shape index (κ2) is 22.0. The number of aliphatic hydroxyl groups is 1. The number of nitrogen functional groups attached to an aromatic ring is 1. The van der Waals surface area contributed by atoms with E-state index in [2.05, 4.69) is 30.5 Å². The van der Waals surface area contributed by atoms with Crippen LogP contribution in [0.4, 0.5) is 5.82 Å². The van der Waals surface area contributed by atoms with Crippen LogP contribution in [-0.2, 0) is 14.4 Å². The number of fused-ring (bicyclic) bond motifs is 1. The van der Waals surface area contributed by atoms with Gasteiger partial charge >= 0.3 is 0 Å². The van der Waals surface area contributed by atoms with Gasteiger partial charge < -0.3 is 31.1 Å². The molecule has 2 unspecified atom stereocenters. The summed E-state index contributed by atoms with van der Waals surface area (Å²) in [7, 11) is 0. The highest BCUT2D eigenvalue weighted by Gasteiger charge is 2.46. The highest BCUT2D eigenvalue weighted by atomic mass is 32.1. The number of aliphatic hydroxyl groups excluding tert-OH is 1. The Kier molecular flexibility index (Phi) is 16.2. The van der Waals surface area contributed by atoms with Gasteiger partial charge in [0.05, 0.1) is 45.5 Å². The van der Waals surface area contributed by atoms with Crippen LogP contribution < -0.4 is 11.1 Å². The predicted octanol–water partition coefficient (Wildman–Crippen LogP) is 8.82. The molecule has 3 aromatic heterocycles. The number of para-hydroxylation sites is 1. The van der Waals surface area contributed by atoms with E-state index >= 15 is 0 Å². The molecule has 5 N–H and O–H groups in total. The lowest BCUT2D eigenvalue weighted by molar-refractivity contribution is -0.149. The summed E-state index contributed by atoms with van der Waals surface area (Å²) in [6.45, 7) is 12.8. The average molecular weight is 920 g/mol. The minimum absolute atomic E-state index is 0.0370. The van der Waals surface area contributed by atoms with Crippen molar-refractivity contribution in [3.63, 3.8) is 0 Å². The van der Waals surface area contributed by atoms with E-state index in [-0.39, 0.29) is 48.4 Å². The van der Waals surface area contributed by atoms with Crippen molar-refractivity contribution in [1.82, 2.24) is 40.1 Å². The minimum Gasteiger partial charge on any atom is -0.507 e. The Bertz CT molecular complexity index is 2420. The number of nitrogens with zero attached hydrogens (tertiary/aromatic N) is 7. The molecule has 5 aromatic rings. The van der Waals surface area contributed by atoms with Crippen LogP contribution >= 0.6 is 11.3 Å². The smallest absolute Gasteiger partial charge is 0.243 e. The summed E-state index contributed by atoms with van der Waals surface area (Å²) in [6, 6.07) is 16.2. The first-order valence-electron chi connectivity index (χ1n) is 24.0. The van der Waals surface area contributed by atoms with Crippen LogP contribution in [0.25, 0.3) is 32.7 Å². The molecule has 0 saturated carbocycles. The molecule has 0 radical (unpaired) electrons. The highest BCUT2D eigenvalue weighted by molar-refractivity contribution is 7.13. The number of aromatic hydroxyl groups is 1. The molecule has 0 bridgehead atoms. The van der Waals surface area contributed by atoms with E-state index in [4.69, 9.17) is 5.73 Å². The molecule has 2 saturated heterocycles. The maximum absolute atomic E-state index is 14.2. The largest absolute Gasteiger partial charge is 0.507 e. The first-order valence-corrected chi connectivity index (χ1v) is 24.9. The van der Waals surface area contributed by atoms with Gasteiger partial charge in [0.15, 0.2) is 11.3 Å². The van der Waals surface area contributed by atoms with Crippen molar-refractivity contribution in [1.29, 1.82) is 0 Å². The number of likely N-dealkylation sites (tertiary alicyclic amines) is 2. The van der Waals surface area contributed by atoms with Crippen LogP contribution in [0.5, 0.6) is 5.75 Å². The van der Waals surface area contributed by atoms with E-state index in [0.717, 1.165) is 85.4 Å². The molecule has 2 aliphatic heterocycles. The number of amides is 2. The highest BCUT2D eigenvalue weighted by Crippen LogP contribution is 2.35. The van der Waals surface area contributed by atoms with E-state index in [0.29, 0.717) is 29.0 Å². The second-order valence-corrected chi connectivity index (χ2v) is 20.5. The van der Waals surface area contributed by atoms with E-state index in [1.807, 2.05) is 87.3 Å². The molecule has 66 heavy (non-hydrogen) atoms. The summed E-state index contributed by atoms with van der Waals surface area (Å²) in [4.78, 5) is 51.0. The third-order valence-electron chi connectivity index (χ3n) is 13.5. The molecule has 4 atom stereocenters. The third kappa shape index (κ3) is 11.8. The van der Waals surface area contributed by atoms with Crippen LogP contribution in [0, 0.1) is 18.3 Å². The molecule has 2 aliphatic rings. The van der Waals surface area contributed by atoms with Crippen LogP contribution in [0.15, 0.2) is 60.1 Å². The molecule has 354 valence electrons. The van der Waals surface area contributed by atoms with Crippen molar-refractivity contribution < 1.29 is 24.6 Å². The molecular weight excluding hydrogens is 851 g/mol. The number of nitrogens with two attached hydrogens (primary N) is 1. The number of thiazole rings is 1. The molecule has 2 amide bonds. The Morgan fingerprint density at radius 2 is 1.59 bits per heavy atom. The number of aryl methyl sites for hydroxylation is 1. The van der Waals surface area contributed by atoms with Crippen molar-refractivity contribution in [2.24, 2.45) is 11.3 Å². The number of β-amino-alcohol motifs (C(OH)–C–C–N with tert-alkyl or cyclic N) is 1. The van der Waals surface area contributed by atoms with E-state index in [9.17, 15) is 24.6 Å². The number of piperidine rings is 1. The number of phenolic OH excluding ortho intramolecular Hbond substituents is 1. The zero-order chi connectivity index (χ0) is 47.0. The maximum Gasteiger partial charge on any atom is 0.243 e. The lowest BCUT2D eigenvalue weighted by Crippen LogP contribution is -2.51. The number of unbranched alkanes of at least 4 members (excludes halogenated alkanes) is 8. The number of hydrogen-bond donors (Lipinski definition) is 4. The zero-order valence-electron chi connectivity index (χ0n) is 39.4. The van der Waals surface area contributed by atoms with Gasteiger partial charge in [-0.1, -0.05) is 102 Å². The standard InChI is InChI=1S/C51H69N9O5S/c1-33(35-20-22-36(23-21-35)47-34(2)53-32-66-47)54-49(64)42-29-38(61)31-59(42)50(65)45(51(3,4)5)44(63)19-13-11-9-7-6-8-10-12-16-26-58-27-24-37(25-28-58)60-41-30-40(39-17-14-15-18-43(39)62)55-56-46(41)48(52)57-60/h14-15,17-18,20-23,30,32-33,37-38,42,45,61-62H,6-13,16,19,24-29,31H2,1-5H3,(H2,52,57)(H,54,64)/t33?,38-,42+,45?/m1/s1. The second-order valence-electron chi connectivity index (χ2n) is 19.6. The summed E-state index contributed by atoms with van der Waals surface area (Å²) in [5.41, 5.74) is 13.1. The number of anilines is 1. The van der Waals surface area contributed by atoms with E-state index in [1.165, 1.54) is 37.0 Å². The topological polar surface area (TPSA) is 193 Å². The van der Waals surface area contributed by atoms with Gasteiger partial charge in [-0.3, -0.25) is 19.1 Å². The molecule has 14 nitrogen and oxygen atoms in total. The Morgan fingerprint density at radius 3 is 2.24 bits per heavy atom. The number of rotatable bonds is 20. The minimum atomic E-state index is -0.887. The Balaban J connectivity index is 0.774. The Hall–Kier alpha value is -5.25. The zero-order valence-corrected chi connectivity index (χ0v) is 40.2. The summed E-state index contributed by atoms with van der Waals surface area (Å²) in [6.07, 6.45) is 11.5. The number of hydrogen-bond acceptors (Lipinski definition) is 12. The van der Waals surface area contributed by atoms with Crippen molar-refractivity contribution in [3.8, 4) is 27.4 Å². The lowest BCUT2D eigenvalue weighted by Gasteiger charge is -2.34. The third-order valence-corrected chi connectivity index (χ3v) is 14.5. The van der Waals surface area contributed by atoms with Gasteiger partial charge in [-0.25, -0.2) is 4.98 Å². The molecule has 0 aliphatic carbocycles. The molecule has 5 heterocycles. The number of aromatic nitrogens is 5. The number of nitrogens with one attached hydrogen (secondary N) is 1. The molecule has 2 aromatic carbocycles. The summed E-state index contributed by atoms with van der Waals surface area (Å²) in [5, 5.41) is 37.4. The van der Waals surface area contributed by atoms with Gasteiger partial charge in [0.2, 0.25) is 11.8 Å². The molecule has 0 spiro atoms. The monoisotopic (exact) mass is 920 g/mol. The van der Waals surface area contributed by atoms with Crippen LogP contribution in [0.3, 0.4) is 0 Å². The van der Waals surface area contributed by atoms with E-state index < -0.39 is 23.5 Å². The SMILES string of the molecule is Cc1ncsc1-c1ccc(C(C)NC(=O)[C@@H]2C[C@@H](O)CN2C(=O)C(C(=O)CCCCCCCCCCCN2CCC(n3nc(N)c4nnc(-c5ccccc5O)cc43)CC2)C(C)(C)C)cc1. The quantitative estimate of drug-likeness (QED) is 0.0431. The van der Waals surface area contributed by atoms with Gasteiger partial charge in [0.25, 0.3) is 0 Å². The fourth-order valence-electron chi connectivity index (χ4n) is 9.82. The van der Waals surface area contributed by atoms with Gasteiger partial charge in [0.1, 0.15) is 23.5 Å². The van der Waals surface area contributed by atoms with Gasteiger partial charge in [0, 0.05) is 38.0 Å². The number of carbonyl (C=O) groups excluding carboxylic acids is 3. The number of carbonyl (C=O) groups is 3. The first kappa shape index (κ1) is 48.7. The first-order chi connectivity index (χ1) is 31.7. The fourth-order valence-corrected chi connectivity index (χ4v) is 10.6. The maximum atomic E-state index is 14.2. The number of Topliss-reactive ketones (excluding diaryl/α,β-unsaturated/α-hetero) is 1. The summed E-state index contributed by atoms with van der Waals surface area (Å²) < 4.78 is 2.01. The van der Waals surface area contributed by atoms with Crippen LogP contribution in [-0.4, -0.2) is 101 Å². The molecule has 15 heteroatoms. The number of ketones is 1. The van der Waals surface area contributed by atoms with E-state index in [1.54, 1.807) is 23.5 Å². The summed E-state index contributed by atoms with van der Waals surface area (Å²) >= 11 is 1.59. The van der Waals surface area contributed by atoms with Gasteiger partial charge in [-0.05, 0) is 80.8 Å². The normalized spacial score (nSPS) is 18.2. The van der Waals surface area contributed by atoms with Crippen molar-refractivity contribution in [2.45, 2.75) is 142 Å². The Morgan fingerprint density at radius 1 is 0.924 bits per heavy atom. The summed E-state index contributed by atoms with van der Waals surface area (Å²) in [5.74, 6) is -1.12. The average Bonchev–Trinajstić information content (AvgIpc) is 4.01. The van der Waals surface area contributed by atoms with Crippen molar-refractivity contribution in [2.75, 3.05) is 31.9 Å². The molecule has 7 rings (SSSR count). The number of benzene rings is 2. The number of phenols is 1. The predicted molar refractivity (Wildman–Crippen MR) is 261 cm³/mol. The van der Waals surface area contributed by atoms with Gasteiger partial charge in [-0.15, -0.1) is 21.5 Å². The van der Waals surface area contributed by atoms with Crippen LogP contribution in [0.1, 0.15) is 135 Å². The fraction of sp³-hybridized carbons (Fsp3) is 0.549.